The average Bonchev–Trinajstić information content (AvgIpc) is 2.79. The molecule has 0 aliphatic heterocycles. The van der Waals surface area contributed by atoms with Gasteiger partial charge >= 0.3 is 5.69 Å². The van der Waals surface area contributed by atoms with Crippen molar-refractivity contribution in [2.45, 2.75) is 46.3 Å². The maximum Gasteiger partial charge on any atom is 0.331 e. The van der Waals surface area contributed by atoms with Gasteiger partial charge < -0.3 is 10.6 Å². The molecular weight excluding hydrogens is 458 g/mol. The quantitative estimate of drug-likeness (QED) is 0.536. The lowest BCUT2D eigenvalue weighted by atomic mass is 10.1. The van der Waals surface area contributed by atoms with Crippen LogP contribution in [0.2, 0.25) is 5.02 Å². The Morgan fingerprint density at radius 2 is 1.79 bits per heavy atom. The van der Waals surface area contributed by atoms with Crippen molar-refractivity contribution in [2.75, 3.05) is 5.32 Å². The molecule has 0 spiro atoms. The number of nitrogens with one attached hydrogen (secondary N) is 2. The zero-order chi connectivity index (χ0) is 25.0. The second kappa shape index (κ2) is 10.4. The smallest absolute Gasteiger partial charge is 0.331 e. The van der Waals surface area contributed by atoms with Crippen molar-refractivity contribution in [3.05, 3.63) is 73.4 Å². The van der Waals surface area contributed by atoms with E-state index in [4.69, 9.17) is 16.9 Å². The molecule has 10 heteroatoms. The first kappa shape index (κ1) is 24.7. The standard InChI is InChI=1S/C24H24ClN5O4/c1-4-29-20-9-8-17(12-18(20)23(33)30(5-2)24(29)34)28-21(31)10-14(3)27-22(32)15-6-7-16(13-26)19(25)11-15/h6-9,11-12,14H,4-5,10H2,1-3H3,(H,27,32)(H,28,31). The van der Waals surface area contributed by atoms with Gasteiger partial charge in [-0.25, -0.2) is 4.79 Å². The molecule has 176 valence electrons. The lowest BCUT2D eigenvalue weighted by molar-refractivity contribution is -0.116. The van der Waals surface area contributed by atoms with E-state index in [-0.39, 0.29) is 40.7 Å². The highest BCUT2D eigenvalue weighted by Gasteiger charge is 2.16. The van der Waals surface area contributed by atoms with Crippen LogP contribution in [-0.2, 0) is 17.9 Å². The molecule has 1 atom stereocenters. The van der Waals surface area contributed by atoms with Crippen LogP contribution in [0.1, 0.15) is 43.1 Å². The molecule has 2 amide bonds. The molecule has 0 aliphatic carbocycles. The fourth-order valence-electron chi connectivity index (χ4n) is 3.68. The molecule has 3 rings (SSSR count). The number of rotatable bonds is 7. The number of amides is 2. The van der Waals surface area contributed by atoms with Gasteiger partial charge in [0.1, 0.15) is 6.07 Å². The average molecular weight is 482 g/mol. The van der Waals surface area contributed by atoms with Gasteiger partial charge in [0.25, 0.3) is 11.5 Å². The fourth-order valence-corrected chi connectivity index (χ4v) is 3.90. The van der Waals surface area contributed by atoms with Gasteiger partial charge in [-0.2, -0.15) is 5.26 Å². The number of carbonyl (C=O) groups is 2. The lowest BCUT2D eigenvalue weighted by Crippen LogP contribution is -2.39. The van der Waals surface area contributed by atoms with Crippen molar-refractivity contribution in [3.8, 4) is 6.07 Å². The largest absolute Gasteiger partial charge is 0.349 e. The first-order valence-corrected chi connectivity index (χ1v) is 11.2. The predicted octanol–water partition coefficient (Wildman–Crippen LogP) is 2.88. The van der Waals surface area contributed by atoms with Gasteiger partial charge in [-0.15, -0.1) is 0 Å². The van der Waals surface area contributed by atoms with Crippen molar-refractivity contribution in [1.82, 2.24) is 14.5 Å². The van der Waals surface area contributed by atoms with E-state index in [0.29, 0.717) is 23.1 Å². The van der Waals surface area contributed by atoms with Gasteiger partial charge in [0.05, 0.1) is 21.5 Å². The number of carbonyl (C=O) groups excluding carboxylic acids is 2. The molecule has 9 nitrogen and oxygen atoms in total. The third-order valence-corrected chi connectivity index (χ3v) is 5.67. The molecule has 1 heterocycles. The Balaban J connectivity index is 1.73. The topological polar surface area (TPSA) is 126 Å². The summed E-state index contributed by atoms with van der Waals surface area (Å²) in [6, 6.07) is 10.6. The number of hydrogen-bond donors (Lipinski definition) is 2. The zero-order valence-electron chi connectivity index (χ0n) is 19.0. The number of nitrogens with zero attached hydrogens (tertiary/aromatic N) is 3. The maximum absolute atomic E-state index is 12.7. The Kier molecular flexibility index (Phi) is 7.54. The van der Waals surface area contributed by atoms with E-state index in [2.05, 4.69) is 10.6 Å². The predicted molar refractivity (Wildman–Crippen MR) is 130 cm³/mol. The van der Waals surface area contributed by atoms with Crippen LogP contribution in [0.15, 0.2) is 46.0 Å². The molecule has 0 aliphatic rings. The third kappa shape index (κ3) is 5.02. The number of aromatic nitrogens is 2. The number of halogens is 1. The number of nitriles is 1. The van der Waals surface area contributed by atoms with Crippen LogP contribution in [0.4, 0.5) is 5.69 Å². The van der Waals surface area contributed by atoms with Crippen LogP contribution in [0.5, 0.6) is 0 Å². The lowest BCUT2D eigenvalue weighted by Gasteiger charge is -2.15. The van der Waals surface area contributed by atoms with Gasteiger partial charge in [-0.1, -0.05) is 11.6 Å². The highest BCUT2D eigenvalue weighted by molar-refractivity contribution is 6.32. The number of aryl methyl sites for hydroxylation is 1. The summed E-state index contributed by atoms with van der Waals surface area (Å²) >= 11 is 5.97. The molecule has 2 aromatic carbocycles. The van der Waals surface area contributed by atoms with Crippen molar-refractivity contribution in [3.63, 3.8) is 0 Å². The van der Waals surface area contributed by atoms with Gasteiger partial charge in [-0.05, 0) is 57.2 Å². The Hall–Kier alpha value is -3.90. The molecule has 34 heavy (non-hydrogen) atoms. The molecule has 2 N–H and O–H groups in total. The number of anilines is 1. The molecule has 3 aromatic rings. The minimum Gasteiger partial charge on any atom is -0.349 e. The van der Waals surface area contributed by atoms with Gasteiger partial charge in [0.15, 0.2) is 0 Å². The minimum absolute atomic E-state index is 0.0125. The van der Waals surface area contributed by atoms with Crippen LogP contribution in [0, 0.1) is 11.3 Å². The highest BCUT2D eigenvalue weighted by atomic mass is 35.5. The van der Waals surface area contributed by atoms with Crippen LogP contribution in [0.25, 0.3) is 10.9 Å². The summed E-state index contributed by atoms with van der Waals surface area (Å²) in [5, 5.41) is 14.9. The van der Waals surface area contributed by atoms with Crippen molar-refractivity contribution < 1.29 is 9.59 Å². The van der Waals surface area contributed by atoms with E-state index >= 15 is 0 Å². The van der Waals surface area contributed by atoms with E-state index in [1.165, 1.54) is 22.8 Å². The third-order valence-electron chi connectivity index (χ3n) is 5.36. The number of fused-ring (bicyclic) bond motifs is 1. The van der Waals surface area contributed by atoms with E-state index in [9.17, 15) is 19.2 Å². The molecule has 0 radical (unpaired) electrons. The van der Waals surface area contributed by atoms with Crippen molar-refractivity contribution in [2.24, 2.45) is 0 Å². The summed E-state index contributed by atoms with van der Waals surface area (Å²) in [7, 11) is 0. The minimum atomic E-state index is -0.495. The molecule has 0 saturated carbocycles. The summed E-state index contributed by atoms with van der Waals surface area (Å²) in [6.07, 6.45) is -0.0125. The molecule has 0 saturated heterocycles. The summed E-state index contributed by atoms with van der Waals surface area (Å²) < 4.78 is 2.67. The first-order valence-electron chi connectivity index (χ1n) is 10.8. The molecule has 1 aromatic heterocycles. The molecular formula is C24H24ClN5O4. The summed E-state index contributed by atoms with van der Waals surface area (Å²) in [6.45, 7) is 5.88. The molecule has 0 fully saturated rings. The van der Waals surface area contributed by atoms with Crippen molar-refractivity contribution in [1.29, 1.82) is 5.26 Å². The van der Waals surface area contributed by atoms with E-state index < -0.39 is 17.5 Å². The van der Waals surface area contributed by atoms with Gasteiger partial charge in [0.2, 0.25) is 5.91 Å². The Bertz CT molecular complexity index is 1430. The highest BCUT2D eigenvalue weighted by Crippen LogP contribution is 2.18. The van der Waals surface area contributed by atoms with E-state index in [0.717, 1.165) is 4.57 Å². The van der Waals surface area contributed by atoms with Crippen LogP contribution >= 0.6 is 11.6 Å². The van der Waals surface area contributed by atoms with Gasteiger partial charge in [-0.3, -0.25) is 23.5 Å². The van der Waals surface area contributed by atoms with Crippen LogP contribution in [0.3, 0.4) is 0 Å². The second-order valence-electron chi connectivity index (χ2n) is 7.74. The summed E-state index contributed by atoms with van der Waals surface area (Å²) in [5.74, 6) is -0.778. The molecule has 0 bridgehead atoms. The number of benzene rings is 2. The number of hydrogen-bond acceptors (Lipinski definition) is 5. The fraction of sp³-hybridized carbons (Fsp3) is 0.292. The molecule has 1 unspecified atom stereocenters. The Morgan fingerprint density at radius 3 is 2.41 bits per heavy atom. The maximum atomic E-state index is 12.7. The normalized spacial score (nSPS) is 11.6. The van der Waals surface area contributed by atoms with Crippen LogP contribution < -0.4 is 21.9 Å². The van der Waals surface area contributed by atoms with E-state index in [1.807, 2.05) is 13.0 Å². The second-order valence-corrected chi connectivity index (χ2v) is 8.15. The Morgan fingerprint density at radius 1 is 1.09 bits per heavy atom. The summed E-state index contributed by atoms with van der Waals surface area (Å²) in [5.41, 5.74) is 0.679. The Labute approximate surface area is 200 Å². The first-order chi connectivity index (χ1) is 16.2. The summed E-state index contributed by atoms with van der Waals surface area (Å²) in [4.78, 5) is 50.2. The van der Waals surface area contributed by atoms with Crippen molar-refractivity contribution >= 4 is 40.0 Å². The van der Waals surface area contributed by atoms with Crippen LogP contribution in [-0.4, -0.2) is 27.0 Å². The van der Waals surface area contributed by atoms with Gasteiger partial charge in [0, 0.05) is 36.8 Å². The zero-order valence-corrected chi connectivity index (χ0v) is 19.8. The van der Waals surface area contributed by atoms with E-state index in [1.54, 1.807) is 32.0 Å². The SMILES string of the molecule is CCn1c(=O)c2cc(NC(=O)CC(C)NC(=O)c3ccc(C#N)c(Cl)c3)ccc2n(CC)c1=O. The monoisotopic (exact) mass is 481 g/mol.